The minimum Gasteiger partial charge on any atom is -0.361 e. The zero-order valence-electron chi connectivity index (χ0n) is 14.9. The highest BCUT2D eigenvalue weighted by molar-refractivity contribution is 5.22. The van der Waals surface area contributed by atoms with Crippen LogP contribution in [0, 0.1) is 0 Å². The van der Waals surface area contributed by atoms with Gasteiger partial charge in [-0.25, -0.2) is 0 Å². The molecule has 0 aliphatic heterocycles. The fourth-order valence-electron chi connectivity index (χ4n) is 4.71. The number of nitrogens with zero attached hydrogens (tertiary/aromatic N) is 1. The first-order chi connectivity index (χ1) is 11.4. The lowest BCUT2D eigenvalue weighted by Crippen LogP contribution is -2.08. The molecule has 23 heavy (non-hydrogen) atoms. The second-order valence-corrected chi connectivity index (χ2v) is 7.94. The van der Waals surface area contributed by atoms with E-state index in [9.17, 15) is 0 Å². The molecule has 1 aromatic heterocycles. The summed E-state index contributed by atoms with van der Waals surface area (Å²) in [5.41, 5.74) is 1.48. The van der Waals surface area contributed by atoms with Crippen molar-refractivity contribution >= 4 is 0 Å². The normalized spacial score (nSPS) is 24.0. The van der Waals surface area contributed by atoms with Crippen molar-refractivity contribution in [3.8, 4) is 0 Å². The smallest absolute Gasteiger partial charge is 0.143 e. The molecule has 2 nitrogen and oxygen atoms in total. The van der Waals surface area contributed by atoms with Crippen molar-refractivity contribution in [2.75, 3.05) is 0 Å². The fraction of sp³-hybridized carbons (Fsp3) is 0.857. The van der Waals surface area contributed by atoms with Gasteiger partial charge in [0.05, 0.1) is 6.20 Å². The van der Waals surface area contributed by atoms with E-state index in [2.05, 4.69) is 11.4 Å². The van der Waals surface area contributed by atoms with Crippen molar-refractivity contribution in [1.29, 1.82) is 0 Å². The van der Waals surface area contributed by atoms with E-state index in [1.165, 1.54) is 114 Å². The Bertz CT molecular complexity index is 421. The van der Waals surface area contributed by atoms with Crippen LogP contribution in [0.5, 0.6) is 0 Å². The van der Waals surface area contributed by atoms with Crippen LogP contribution >= 0.6 is 0 Å². The Balaban J connectivity index is 1.69. The second-order valence-electron chi connectivity index (χ2n) is 7.94. The van der Waals surface area contributed by atoms with Gasteiger partial charge in [0.1, 0.15) is 5.76 Å². The van der Waals surface area contributed by atoms with Crippen molar-refractivity contribution in [3.05, 3.63) is 17.5 Å². The van der Waals surface area contributed by atoms with Gasteiger partial charge >= 0.3 is 0 Å². The molecule has 1 aromatic rings. The first-order valence-corrected chi connectivity index (χ1v) is 10.4. The van der Waals surface area contributed by atoms with Crippen molar-refractivity contribution < 1.29 is 4.52 Å². The van der Waals surface area contributed by atoms with Gasteiger partial charge in [-0.3, -0.25) is 0 Å². The van der Waals surface area contributed by atoms with E-state index in [-0.39, 0.29) is 0 Å². The summed E-state index contributed by atoms with van der Waals surface area (Å²) in [6.45, 7) is 0. The van der Waals surface area contributed by atoms with E-state index < -0.39 is 0 Å². The standard InChI is InChI=1S/C21H35NO/c1-2-5-9-13-18(14-10-6-3-1)20-17-22-23-21(20)19-15-11-7-4-8-12-16-19/h17-19H,1-16H2. The molecule has 2 aliphatic rings. The molecule has 0 aromatic carbocycles. The molecule has 0 radical (unpaired) electrons. The highest BCUT2D eigenvalue weighted by atomic mass is 16.5. The monoisotopic (exact) mass is 317 g/mol. The summed E-state index contributed by atoms with van der Waals surface area (Å²) >= 11 is 0. The third-order valence-corrected chi connectivity index (χ3v) is 6.15. The predicted octanol–water partition coefficient (Wildman–Crippen LogP) is 7.11. The van der Waals surface area contributed by atoms with Crippen LogP contribution in [-0.4, -0.2) is 5.16 Å². The van der Waals surface area contributed by atoms with Crippen LogP contribution in [0.2, 0.25) is 0 Å². The quantitative estimate of drug-likeness (QED) is 0.581. The molecule has 0 spiro atoms. The van der Waals surface area contributed by atoms with Crippen LogP contribution in [0.1, 0.15) is 126 Å². The summed E-state index contributed by atoms with van der Waals surface area (Å²) in [7, 11) is 0. The van der Waals surface area contributed by atoms with Gasteiger partial charge in [0, 0.05) is 11.5 Å². The Kier molecular flexibility index (Phi) is 7.04. The van der Waals surface area contributed by atoms with E-state index >= 15 is 0 Å². The molecule has 0 bridgehead atoms. The maximum absolute atomic E-state index is 5.83. The molecule has 0 saturated heterocycles. The molecule has 2 saturated carbocycles. The molecule has 0 N–H and O–H groups in total. The van der Waals surface area contributed by atoms with E-state index in [1.54, 1.807) is 0 Å². The Morgan fingerprint density at radius 3 is 1.57 bits per heavy atom. The number of hydrogen-bond donors (Lipinski definition) is 0. The largest absolute Gasteiger partial charge is 0.361 e. The summed E-state index contributed by atoms with van der Waals surface area (Å²) in [6, 6.07) is 0. The maximum Gasteiger partial charge on any atom is 0.143 e. The van der Waals surface area contributed by atoms with Crippen LogP contribution in [0.4, 0.5) is 0 Å². The Hall–Kier alpha value is -0.790. The highest BCUT2D eigenvalue weighted by Crippen LogP contribution is 2.39. The predicted molar refractivity (Wildman–Crippen MR) is 95.9 cm³/mol. The van der Waals surface area contributed by atoms with Crippen molar-refractivity contribution in [3.63, 3.8) is 0 Å². The summed E-state index contributed by atoms with van der Waals surface area (Å²) in [5.74, 6) is 2.62. The third-order valence-electron chi connectivity index (χ3n) is 6.15. The minimum atomic E-state index is 0.642. The Morgan fingerprint density at radius 1 is 0.609 bits per heavy atom. The van der Waals surface area contributed by atoms with Gasteiger partial charge in [0.25, 0.3) is 0 Å². The van der Waals surface area contributed by atoms with E-state index in [0.29, 0.717) is 11.8 Å². The maximum atomic E-state index is 5.83. The Labute approximate surface area is 142 Å². The molecule has 130 valence electrons. The van der Waals surface area contributed by atoms with Crippen LogP contribution in [-0.2, 0) is 0 Å². The number of rotatable bonds is 2. The Morgan fingerprint density at radius 2 is 1.04 bits per heavy atom. The molecule has 2 heteroatoms. The number of aromatic nitrogens is 1. The van der Waals surface area contributed by atoms with Gasteiger partial charge in [-0.15, -0.1) is 0 Å². The first-order valence-electron chi connectivity index (χ1n) is 10.4. The van der Waals surface area contributed by atoms with Crippen LogP contribution < -0.4 is 0 Å². The summed E-state index contributed by atoms with van der Waals surface area (Å²) in [6.07, 6.45) is 24.3. The van der Waals surface area contributed by atoms with Gasteiger partial charge in [-0.2, -0.15) is 0 Å². The summed E-state index contributed by atoms with van der Waals surface area (Å²) in [4.78, 5) is 0. The average Bonchev–Trinajstić information content (AvgIpc) is 3.01. The molecule has 3 rings (SSSR count). The molecular formula is C21H35NO. The van der Waals surface area contributed by atoms with Gasteiger partial charge in [-0.05, 0) is 31.6 Å². The van der Waals surface area contributed by atoms with Gasteiger partial charge in [0.15, 0.2) is 0 Å². The lowest BCUT2D eigenvalue weighted by Gasteiger charge is -2.22. The summed E-state index contributed by atoms with van der Waals surface area (Å²) < 4.78 is 5.83. The van der Waals surface area contributed by atoms with Crippen molar-refractivity contribution in [1.82, 2.24) is 5.16 Å². The van der Waals surface area contributed by atoms with E-state index in [1.807, 2.05) is 0 Å². The first kappa shape index (κ1) is 17.0. The zero-order valence-corrected chi connectivity index (χ0v) is 14.9. The van der Waals surface area contributed by atoms with Crippen molar-refractivity contribution in [2.24, 2.45) is 0 Å². The molecule has 1 heterocycles. The summed E-state index contributed by atoms with van der Waals surface area (Å²) in [5, 5.41) is 4.25. The molecule has 0 atom stereocenters. The van der Waals surface area contributed by atoms with Crippen LogP contribution in [0.3, 0.4) is 0 Å². The SMILES string of the molecule is c1noc(C2CCCCCCC2)c1C1CCCCCCCCC1. The molecular weight excluding hydrogens is 282 g/mol. The van der Waals surface area contributed by atoms with Crippen LogP contribution in [0.15, 0.2) is 10.7 Å². The lowest BCUT2D eigenvalue weighted by molar-refractivity contribution is 0.324. The third kappa shape index (κ3) is 5.09. The van der Waals surface area contributed by atoms with Crippen LogP contribution in [0.25, 0.3) is 0 Å². The van der Waals surface area contributed by atoms with Gasteiger partial charge in [0.2, 0.25) is 0 Å². The lowest BCUT2D eigenvalue weighted by atomic mass is 9.82. The van der Waals surface area contributed by atoms with Crippen molar-refractivity contribution in [2.45, 2.75) is 115 Å². The molecule has 0 amide bonds. The fourth-order valence-corrected chi connectivity index (χ4v) is 4.71. The molecule has 2 fully saturated rings. The van der Waals surface area contributed by atoms with Gasteiger partial charge < -0.3 is 4.52 Å². The average molecular weight is 318 g/mol. The van der Waals surface area contributed by atoms with Gasteiger partial charge in [-0.1, -0.05) is 82.2 Å². The second kappa shape index (κ2) is 9.49. The number of hydrogen-bond acceptors (Lipinski definition) is 2. The van der Waals surface area contributed by atoms with E-state index in [0.717, 1.165) is 0 Å². The molecule has 0 unspecified atom stereocenters. The van der Waals surface area contributed by atoms with E-state index in [4.69, 9.17) is 4.52 Å². The molecule has 2 aliphatic carbocycles. The zero-order chi connectivity index (χ0) is 15.7. The minimum absolute atomic E-state index is 0.642. The topological polar surface area (TPSA) is 26.0 Å². The highest BCUT2D eigenvalue weighted by Gasteiger charge is 2.25.